The molecule has 2 heterocycles. The standard InChI is InChI=1S/C21H23N5O3/c1-28-13-19(27)23-20-24-21-22-17(14-8-10-16(29-2)11-9-14)12-18(26(21)25-20)15-6-4-3-5-7-15/h3-11,17-18H,12-13H2,1-2H3,(H2,22,23,24,25,27)/t17-,18+/m1/s1. The fourth-order valence-electron chi connectivity index (χ4n) is 3.53. The van der Waals surface area contributed by atoms with E-state index in [1.807, 2.05) is 47.1 Å². The van der Waals surface area contributed by atoms with E-state index >= 15 is 0 Å². The topological polar surface area (TPSA) is 90.3 Å². The number of nitrogens with zero attached hydrogens (tertiary/aromatic N) is 3. The zero-order valence-electron chi connectivity index (χ0n) is 16.3. The van der Waals surface area contributed by atoms with Gasteiger partial charge >= 0.3 is 0 Å². The van der Waals surface area contributed by atoms with E-state index in [1.54, 1.807) is 7.11 Å². The smallest absolute Gasteiger partial charge is 0.252 e. The summed E-state index contributed by atoms with van der Waals surface area (Å²) in [7, 11) is 3.12. The number of nitrogens with one attached hydrogen (secondary N) is 2. The molecule has 29 heavy (non-hydrogen) atoms. The van der Waals surface area contributed by atoms with E-state index in [4.69, 9.17) is 9.47 Å². The molecule has 0 saturated heterocycles. The Kier molecular flexibility index (Phi) is 5.44. The summed E-state index contributed by atoms with van der Waals surface area (Å²) in [6.45, 7) is -0.0477. The lowest BCUT2D eigenvalue weighted by Crippen LogP contribution is -2.28. The zero-order chi connectivity index (χ0) is 20.2. The first-order valence-electron chi connectivity index (χ1n) is 9.38. The Morgan fingerprint density at radius 3 is 2.59 bits per heavy atom. The molecule has 2 aromatic carbocycles. The SMILES string of the molecule is COCC(=O)Nc1nc2n(n1)[C@H](c1ccccc1)C[C@H](c1ccc(OC)cc1)N2. The minimum absolute atomic E-state index is 0.0138. The van der Waals surface area contributed by atoms with Crippen molar-refractivity contribution >= 4 is 17.8 Å². The van der Waals surface area contributed by atoms with Gasteiger partial charge in [0.25, 0.3) is 11.9 Å². The first kappa shape index (κ1) is 18.9. The van der Waals surface area contributed by atoms with Crippen molar-refractivity contribution < 1.29 is 14.3 Å². The maximum absolute atomic E-state index is 11.9. The first-order chi connectivity index (χ1) is 14.2. The molecule has 0 saturated carbocycles. The van der Waals surface area contributed by atoms with Crippen LogP contribution in [0.5, 0.6) is 5.75 Å². The highest BCUT2D eigenvalue weighted by atomic mass is 16.5. The molecule has 0 spiro atoms. The number of amides is 1. The molecule has 0 aliphatic carbocycles. The van der Waals surface area contributed by atoms with Crippen molar-refractivity contribution in [1.29, 1.82) is 0 Å². The number of ether oxygens (including phenoxy) is 2. The van der Waals surface area contributed by atoms with Crippen LogP contribution in [0.15, 0.2) is 54.6 Å². The fourth-order valence-corrected chi connectivity index (χ4v) is 3.53. The number of carbonyl (C=O) groups excluding carboxylic acids is 1. The van der Waals surface area contributed by atoms with Crippen LogP contribution in [-0.4, -0.2) is 41.5 Å². The Morgan fingerprint density at radius 2 is 1.90 bits per heavy atom. The van der Waals surface area contributed by atoms with Crippen LogP contribution in [0.25, 0.3) is 0 Å². The summed E-state index contributed by atoms with van der Waals surface area (Å²) in [5.41, 5.74) is 2.26. The van der Waals surface area contributed by atoms with Gasteiger partial charge in [-0.15, -0.1) is 5.10 Å². The van der Waals surface area contributed by atoms with E-state index in [-0.39, 0.29) is 30.5 Å². The zero-order valence-corrected chi connectivity index (χ0v) is 16.3. The van der Waals surface area contributed by atoms with Gasteiger partial charge in [0.05, 0.1) is 19.2 Å². The van der Waals surface area contributed by atoms with Crippen LogP contribution in [0.3, 0.4) is 0 Å². The molecular weight excluding hydrogens is 370 g/mol. The summed E-state index contributed by atoms with van der Waals surface area (Å²) in [6, 6.07) is 18.2. The third-order valence-corrected chi connectivity index (χ3v) is 4.92. The van der Waals surface area contributed by atoms with Gasteiger partial charge in [0.2, 0.25) is 5.95 Å². The minimum atomic E-state index is -0.293. The summed E-state index contributed by atoms with van der Waals surface area (Å²) >= 11 is 0. The Labute approximate surface area is 168 Å². The third-order valence-electron chi connectivity index (χ3n) is 4.92. The summed E-state index contributed by atoms with van der Waals surface area (Å²) in [6.07, 6.45) is 0.790. The number of rotatable bonds is 6. The van der Waals surface area contributed by atoms with Crippen molar-refractivity contribution in [1.82, 2.24) is 14.8 Å². The molecule has 150 valence electrons. The normalized spacial score (nSPS) is 17.9. The maximum atomic E-state index is 11.9. The van der Waals surface area contributed by atoms with Gasteiger partial charge in [0.15, 0.2) is 0 Å². The molecule has 3 aromatic rings. The van der Waals surface area contributed by atoms with E-state index in [9.17, 15) is 4.79 Å². The van der Waals surface area contributed by atoms with Gasteiger partial charge in [0.1, 0.15) is 12.4 Å². The molecule has 0 bridgehead atoms. The lowest BCUT2D eigenvalue weighted by molar-refractivity contribution is -0.119. The number of aromatic nitrogens is 3. The highest BCUT2D eigenvalue weighted by molar-refractivity contribution is 5.90. The van der Waals surface area contributed by atoms with E-state index in [2.05, 4.69) is 32.8 Å². The molecule has 0 unspecified atom stereocenters. The summed E-state index contributed by atoms with van der Waals surface area (Å²) in [4.78, 5) is 16.4. The Bertz CT molecular complexity index is 972. The molecule has 1 aliphatic rings. The van der Waals surface area contributed by atoms with Crippen molar-refractivity contribution in [2.75, 3.05) is 31.5 Å². The lowest BCUT2D eigenvalue weighted by Gasteiger charge is -2.31. The Morgan fingerprint density at radius 1 is 1.14 bits per heavy atom. The first-order valence-corrected chi connectivity index (χ1v) is 9.38. The van der Waals surface area contributed by atoms with Crippen molar-refractivity contribution in [2.45, 2.75) is 18.5 Å². The quantitative estimate of drug-likeness (QED) is 0.669. The Balaban J connectivity index is 1.67. The van der Waals surface area contributed by atoms with Crippen LogP contribution in [0.1, 0.15) is 29.6 Å². The molecule has 0 fully saturated rings. The highest BCUT2D eigenvalue weighted by Crippen LogP contribution is 2.38. The average molecular weight is 393 g/mol. The van der Waals surface area contributed by atoms with Gasteiger partial charge in [-0.2, -0.15) is 4.98 Å². The number of hydrogen-bond donors (Lipinski definition) is 2. The second kappa shape index (κ2) is 8.32. The summed E-state index contributed by atoms with van der Waals surface area (Å²) in [5.74, 6) is 1.39. The number of anilines is 2. The second-order valence-corrected chi connectivity index (χ2v) is 6.82. The number of methoxy groups -OCH3 is 2. The van der Waals surface area contributed by atoms with Crippen molar-refractivity contribution in [3.8, 4) is 5.75 Å². The van der Waals surface area contributed by atoms with Crippen LogP contribution in [0, 0.1) is 0 Å². The number of benzene rings is 2. The summed E-state index contributed by atoms with van der Waals surface area (Å²) in [5, 5.41) is 10.6. The molecule has 2 atom stereocenters. The van der Waals surface area contributed by atoms with E-state index in [0.717, 1.165) is 23.3 Å². The van der Waals surface area contributed by atoms with Gasteiger partial charge in [-0.25, -0.2) is 4.68 Å². The van der Waals surface area contributed by atoms with Gasteiger partial charge in [-0.3, -0.25) is 10.1 Å². The third kappa shape index (κ3) is 4.07. The molecule has 1 amide bonds. The fraction of sp³-hybridized carbons (Fsp3) is 0.286. The molecule has 2 N–H and O–H groups in total. The molecule has 0 radical (unpaired) electrons. The van der Waals surface area contributed by atoms with Crippen molar-refractivity contribution in [3.05, 3.63) is 65.7 Å². The predicted octanol–water partition coefficient (Wildman–Crippen LogP) is 3.02. The molecular formula is C21H23N5O3. The number of hydrogen-bond acceptors (Lipinski definition) is 6. The maximum Gasteiger partial charge on any atom is 0.252 e. The molecule has 4 rings (SSSR count). The van der Waals surface area contributed by atoms with Gasteiger partial charge in [-0.05, 0) is 29.7 Å². The molecule has 1 aromatic heterocycles. The van der Waals surface area contributed by atoms with Crippen LogP contribution in [0.4, 0.5) is 11.9 Å². The van der Waals surface area contributed by atoms with Gasteiger partial charge in [0, 0.05) is 7.11 Å². The lowest BCUT2D eigenvalue weighted by atomic mass is 9.93. The minimum Gasteiger partial charge on any atom is -0.497 e. The average Bonchev–Trinajstić information content (AvgIpc) is 3.16. The molecule has 8 heteroatoms. The van der Waals surface area contributed by atoms with Crippen LogP contribution in [-0.2, 0) is 9.53 Å². The second-order valence-electron chi connectivity index (χ2n) is 6.82. The highest BCUT2D eigenvalue weighted by Gasteiger charge is 2.31. The summed E-state index contributed by atoms with van der Waals surface area (Å²) < 4.78 is 12.0. The van der Waals surface area contributed by atoms with Crippen molar-refractivity contribution in [3.63, 3.8) is 0 Å². The predicted molar refractivity (Wildman–Crippen MR) is 109 cm³/mol. The van der Waals surface area contributed by atoms with Crippen LogP contribution < -0.4 is 15.4 Å². The number of carbonyl (C=O) groups is 1. The van der Waals surface area contributed by atoms with Crippen LogP contribution in [0.2, 0.25) is 0 Å². The molecule has 1 aliphatic heterocycles. The largest absolute Gasteiger partial charge is 0.497 e. The van der Waals surface area contributed by atoms with Gasteiger partial charge < -0.3 is 14.8 Å². The van der Waals surface area contributed by atoms with E-state index in [1.165, 1.54) is 7.11 Å². The van der Waals surface area contributed by atoms with Crippen molar-refractivity contribution in [2.24, 2.45) is 0 Å². The number of fused-ring (bicyclic) bond motifs is 1. The monoisotopic (exact) mass is 393 g/mol. The van der Waals surface area contributed by atoms with Gasteiger partial charge in [-0.1, -0.05) is 42.5 Å². The van der Waals surface area contributed by atoms with E-state index in [0.29, 0.717) is 5.95 Å². The van der Waals surface area contributed by atoms with E-state index < -0.39 is 0 Å². The molecule has 8 nitrogen and oxygen atoms in total. The Hall–Kier alpha value is -3.39. The van der Waals surface area contributed by atoms with Crippen LogP contribution >= 0.6 is 0 Å².